The number of hydrogen-bond acceptors (Lipinski definition) is 3. The zero-order chi connectivity index (χ0) is 10.6. The first kappa shape index (κ1) is 10.6. The van der Waals surface area contributed by atoms with Crippen molar-refractivity contribution >= 4 is 6.21 Å². The van der Waals surface area contributed by atoms with Crippen LogP contribution in [0.2, 0.25) is 0 Å². The maximum atomic E-state index is 9.47. The third-order valence-corrected chi connectivity index (χ3v) is 2.45. The molecule has 3 heteroatoms. The molecule has 76 valence electrons. The molecule has 1 atom stereocenters. The molecule has 0 fully saturated rings. The van der Waals surface area contributed by atoms with Crippen LogP contribution in [0.3, 0.4) is 0 Å². The molecule has 1 aromatic carbocycles. The van der Waals surface area contributed by atoms with Crippen molar-refractivity contribution in [3.63, 3.8) is 0 Å². The molecule has 1 unspecified atom stereocenters. The standard InChI is InChI=1S/C11H16N2O/c1-3-8(2)9-4-5-11(14)10(6-9)7-13-12/h4-8,14H,3,12H2,1-2H3. The third kappa shape index (κ3) is 2.25. The Morgan fingerprint density at radius 3 is 2.86 bits per heavy atom. The number of nitrogens with zero attached hydrogens (tertiary/aromatic N) is 1. The predicted octanol–water partition coefficient (Wildman–Crippen LogP) is 2.20. The van der Waals surface area contributed by atoms with Crippen molar-refractivity contribution in [1.29, 1.82) is 0 Å². The van der Waals surface area contributed by atoms with Crippen molar-refractivity contribution in [2.24, 2.45) is 10.9 Å². The Labute approximate surface area is 84.3 Å². The first-order valence-electron chi connectivity index (χ1n) is 4.75. The van der Waals surface area contributed by atoms with Gasteiger partial charge in [0.25, 0.3) is 0 Å². The van der Waals surface area contributed by atoms with Crippen LogP contribution in [-0.4, -0.2) is 11.3 Å². The fourth-order valence-corrected chi connectivity index (χ4v) is 1.30. The molecule has 3 nitrogen and oxygen atoms in total. The van der Waals surface area contributed by atoms with Crippen LogP contribution in [0.4, 0.5) is 0 Å². The monoisotopic (exact) mass is 192 g/mol. The van der Waals surface area contributed by atoms with Crippen LogP contribution in [0.25, 0.3) is 0 Å². The van der Waals surface area contributed by atoms with Gasteiger partial charge in [-0.3, -0.25) is 0 Å². The normalized spacial score (nSPS) is 13.3. The van der Waals surface area contributed by atoms with Crippen LogP contribution in [-0.2, 0) is 0 Å². The first-order valence-corrected chi connectivity index (χ1v) is 4.75. The minimum absolute atomic E-state index is 0.214. The summed E-state index contributed by atoms with van der Waals surface area (Å²) >= 11 is 0. The van der Waals surface area contributed by atoms with Crippen LogP contribution in [0.1, 0.15) is 37.3 Å². The van der Waals surface area contributed by atoms with E-state index in [1.54, 1.807) is 6.07 Å². The van der Waals surface area contributed by atoms with Crippen LogP contribution >= 0.6 is 0 Å². The highest BCUT2D eigenvalue weighted by atomic mass is 16.3. The van der Waals surface area contributed by atoms with Gasteiger partial charge in [-0.1, -0.05) is 19.9 Å². The summed E-state index contributed by atoms with van der Waals surface area (Å²) < 4.78 is 0. The third-order valence-electron chi connectivity index (χ3n) is 2.45. The van der Waals surface area contributed by atoms with E-state index in [1.807, 2.05) is 12.1 Å². The number of hydrazone groups is 1. The van der Waals surface area contributed by atoms with Gasteiger partial charge in [0.1, 0.15) is 5.75 Å². The smallest absolute Gasteiger partial charge is 0.124 e. The van der Waals surface area contributed by atoms with Gasteiger partial charge in [-0.2, -0.15) is 5.10 Å². The van der Waals surface area contributed by atoms with E-state index in [1.165, 1.54) is 11.8 Å². The number of rotatable bonds is 3. The minimum Gasteiger partial charge on any atom is -0.507 e. The minimum atomic E-state index is 0.214. The largest absolute Gasteiger partial charge is 0.507 e. The number of phenols is 1. The summed E-state index contributed by atoms with van der Waals surface area (Å²) in [5, 5.41) is 12.9. The van der Waals surface area contributed by atoms with Crippen molar-refractivity contribution < 1.29 is 5.11 Å². The molecule has 0 spiro atoms. The average Bonchev–Trinajstić information content (AvgIpc) is 2.20. The fourth-order valence-electron chi connectivity index (χ4n) is 1.30. The van der Waals surface area contributed by atoms with Crippen molar-refractivity contribution in [2.75, 3.05) is 0 Å². The van der Waals surface area contributed by atoms with E-state index in [-0.39, 0.29) is 5.75 Å². The summed E-state index contributed by atoms with van der Waals surface area (Å²) in [4.78, 5) is 0. The lowest BCUT2D eigenvalue weighted by Gasteiger charge is -2.10. The molecular weight excluding hydrogens is 176 g/mol. The summed E-state index contributed by atoms with van der Waals surface area (Å²) in [6.07, 6.45) is 2.53. The van der Waals surface area contributed by atoms with Crippen LogP contribution < -0.4 is 5.84 Å². The lowest BCUT2D eigenvalue weighted by atomic mass is 9.97. The predicted molar refractivity (Wildman–Crippen MR) is 58.6 cm³/mol. The molecule has 0 saturated carbocycles. The summed E-state index contributed by atoms with van der Waals surface area (Å²) in [7, 11) is 0. The molecule has 0 bridgehead atoms. The topological polar surface area (TPSA) is 58.6 Å². The number of aromatic hydroxyl groups is 1. The van der Waals surface area contributed by atoms with Crippen LogP contribution in [0, 0.1) is 0 Å². The molecule has 0 aromatic heterocycles. The Balaban J connectivity index is 3.06. The van der Waals surface area contributed by atoms with Gasteiger partial charge in [-0.15, -0.1) is 0 Å². The summed E-state index contributed by atoms with van der Waals surface area (Å²) in [5.41, 5.74) is 1.87. The Kier molecular flexibility index (Phi) is 3.51. The Morgan fingerprint density at radius 2 is 2.29 bits per heavy atom. The molecule has 1 aromatic rings. The van der Waals surface area contributed by atoms with E-state index in [0.717, 1.165) is 6.42 Å². The van der Waals surface area contributed by atoms with Gasteiger partial charge in [0.05, 0.1) is 6.21 Å². The average molecular weight is 192 g/mol. The van der Waals surface area contributed by atoms with E-state index in [2.05, 4.69) is 18.9 Å². The number of benzene rings is 1. The Bertz CT molecular complexity index is 334. The quantitative estimate of drug-likeness (QED) is 0.438. The van der Waals surface area contributed by atoms with Crippen LogP contribution in [0.5, 0.6) is 5.75 Å². The number of phenolic OH excluding ortho intramolecular Hbond substituents is 1. The molecule has 0 saturated heterocycles. The highest BCUT2D eigenvalue weighted by Gasteiger charge is 2.05. The lowest BCUT2D eigenvalue weighted by molar-refractivity contribution is 0.474. The summed E-state index contributed by atoms with van der Waals surface area (Å²) in [6.45, 7) is 4.28. The van der Waals surface area contributed by atoms with Gasteiger partial charge in [0, 0.05) is 5.56 Å². The van der Waals surface area contributed by atoms with E-state index >= 15 is 0 Å². The molecule has 0 amide bonds. The van der Waals surface area contributed by atoms with Crippen molar-refractivity contribution in [2.45, 2.75) is 26.2 Å². The first-order chi connectivity index (χ1) is 6.69. The van der Waals surface area contributed by atoms with Gasteiger partial charge < -0.3 is 10.9 Å². The maximum Gasteiger partial charge on any atom is 0.124 e. The van der Waals surface area contributed by atoms with E-state index in [0.29, 0.717) is 11.5 Å². The van der Waals surface area contributed by atoms with Crippen molar-refractivity contribution in [3.8, 4) is 5.75 Å². The second kappa shape index (κ2) is 4.65. The molecule has 14 heavy (non-hydrogen) atoms. The number of hydrogen-bond donors (Lipinski definition) is 2. The summed E-state index contributed by atoms with van der Waals surface area (Å²) in [5.74, 6) is 5.75. The lowest BCUT2D eigenvalue weighted by Crippen LogP contribution is -1.94. The van der Waals surface area contributed by atoms with E-state index in [9.17, 15) is 5.11 Å². The molecular formula is C11H16N2O. The highest BCUT2D eigenvalue weighted by molar-refractivity contribution is 5.83. The molecule has 0 aliphatic rings. The van der Waals surface area contributed by atoms with Crippen LogP contribution in [0.15, 0.2) is 23.3 Å². The second-order valence-corrected chi connectivity index (χ2v) is 3.41. The Morgan fingerprint density at radius 1 is 1.57 bits per heavy atom. The SMILES string of the molecule is CCC(C)c1ccc(O)c(C=NN)c1. The molecule has 0 aliphatic carbocycles. The highest BCUT2D eigenvalue weighted by Crippen LogP contribution is 2.23. The Hall–Kier alpha value is -1.51. The molecule has 0 aliphatic heterocycles. The van der Waals surface area contributed by atoms with Crippen molar-refractivity contribution in [1.82, 2.24) is 0 Å². The number of nitrogens with two attached hydrogens (primary N) is 1. The van der Waals surface area contributed by atoms with Gasteiger partial charge in [0.15, 0.2) is 0 Å². The van der Waals surface area contributed by atoms with Gasteiger partial charge in [-0.05, 0) is 30.0 Å². The zero-order valence-corrected chi connectivity index (χ0v) is 8.57. The fraction of sp³-hybridized carbons (Fsp3) is 0.364. The van der Waals surface area contributed by atoms with Crippen molar-refractivity contribution in [3.05, 3.63) is 29.3 Å². The molecule has 3 N–H and O–H groups in total. The van der Waals surface area contributed by atoms with Gasteiger partial charge in [-0.25, -0.2) is 0 Å². The molecule has 0 heterocycles. The maximum absolute atomic E-state index is 9.47. The molecule has 0 radical (unpaired) electrons. The van der Waals surface area contributed by atoms with Gasteiger partial charge >= 0.3 is 0 Å². The zero-order valence-electron chi connectivity index (χ0n) is 8.57. The van der Waals surface area contributed by atoms with Gasteiger partial charge in [0.2, 0.25) is 0 Å². The van der Waals surface area contributed by atoms with E-state index < -0.39 is 0 Å². The second-order valence-electron chi connectivity index (χ2n) is 3.41. The molecule has 1 rings (SSSR count). The van der Waals surface area contributed by atoms with E-state index in [4.69, 9.17) is 5.84 Å². The summed E-state index contributed by atoms with van der Waals surface area (Å²) in [6, 6.07) is 5.52.